The van der Waals surface area contributed by atoms with Gasteiger partial charge in [0.2, 0.25) is 0 Å². The van der Waals surface area contributed by atoms with E-state index in [-0.39, 0.29) is 6.67 Å². The van der Waals surface area contributed by atoms with Gasteiger partial charge in [-0.2, -0.15) is 0 Å². The highest BCUT2D eigenvalue weighted by atomic mass is 16.5. The number of imidazole rings is 1. The number of pyridine rings is 1. The Hall–Kier alpha value is -2.22. The fraction of sp³-hybridized carbons (Fsp3) is 0.444. The molecule has 0 saturated carbocycles. The highest BCUT2D eigenvalue weighted by molar-refractivity contribution is 6.07. The second-order valence-electron chi connectivity index (χ2n) is 6.62. The zero-order chi connectivity index (χ0) is 18.0. The van der Waals surface area contributed by atoms with Gasteiger partial charge in [0.1, 0.15) is 17.9 Å². The van der Waals surface area contributed by atoms with Crippen molar-refractivity contribution in [2.75, 3.05) is 18.6 Å². The Morgan fingerprint density at radius 3 is 2.72 bits per heavy atom. The molecule has 0 aliphatic carbocycles. The quantitative estimate of drug-likeness (QED) is 0.569. The van der Waals surface area contributed by atoms with E-state index in [2.05, 4.69) is 10.3 Å². The van der Waals surface area contributed by atoms with Gasteiger partial charge in [-0.05, 0) is 26.8 Å². The second-order valence-corrected chi connectivity index (χ2v) is 6.62. The predicted molar refractivity (Wildman–Crippen MR) is 99.3 cm³/mol. The van der Waals surface area contributed by atoms with Crippen LogP contribution in [0.5, 0.6) is 0 Å². The van der Waals surface area contributed by atoms with E-state index in [0.29, 0.717) is 25.6 Å². The molecule has 0 unspecified atom stereocenters. The molecule has 1 aromatic carbocycles. The van der Waals surface area contributed by atoms with Crippen LogP contribution in [0.25, 0.3) is 21.9 Å². The van der Waals surface area contributed by atoms with Crippen LogP contribution < -0.4 is 11.1 Å². The molecule has 0 aliphatic rings. The van der Waals surface area contributed by atoms with Crippen molar-refractivity contribution in [2.45, 2.75) is 39.5 Å². The first-order chi connectivity index (χ1) is 11.9. The molecule has 25 heavy (non-hydrogen) atoms. The highest BCUT2D eigenvalue weighted by Crippen LogP contribution is 2.31. The lowest BCUT2D eigenvalue weighted by Gasteiger charge is -2.20. The molecule has 0 saturated heterocycles. The second kappa shape index (κ2) is 6.95. The molecule has 3 rings (SSSR count). The van der Waals surface area contributed by atoms with E-state index in [1.54, 1.807) is 13.8 Å². The van der Waals surface area contributed by atoms with Crippen LogP contribution in [0, 0.1) is 0 Å². The number of nitrogens with one attached hydrogen (secondary N) is 1. The van der Waals surface area contributed by atoms with Gasteiger partial charge in [0, 0.05) is 12.0 Å². The predicted octanol–water partition coefficient (Wildman–Crippen LogP) is 2.22. The molecule has 0 spiro atoms. The highest BCUT2D eigenvalue weighted by Gasteiger charge is 2.22. The van der Waals surface area contributed by atoms with Gasteiger partial charge in [-0.1, -0.05) is 18.2 Å². The number of ether oxygens (including phenoxy) is 1. The van der Waals surface area contributed by atoms with Crippen LogP contribution in [0.4, 0.5) is 5.82 Å². The van der Waals surface area contributed by atoms with E-state index in [9.17, 15) is 5.11 Å². The minimum Gasteiger partial charge on any atom is -0.389 e. The molecule has 0 aliphatic heterocycles. The zero-order valence-corrected chi connectivity index (χ0v) is 14.9. The monoisotopic (exact) mass is 343 g/mol. The fourth-order valence-electron chi connectivity index (χ4n) is 2.96. The molecule has 0 bridgehead atoms. The SMILES string of the molecule is CCOCc1nc2c(NCN)nc3ccccc3c2n1CC(C)(C)O. The van der Waals surface area contributed by atoms with Crippen LogP contribution in [0.15, 0.2) is 24.3 Å². The summed E-state index contributed by atoms with van der Waals surface area (Å²) in [6.07, 6.45) is 0. The number of nitrogens with two attached hydrogens (primary N) is 1. The number of anilines is 1. The third kappa shape index (κ3) is 3.58. The Morgan fingerprint density at radius 2 is 2.04 bits per heavy atom. The minimum absolute atomic E-state index is 0.263. The van der Waals surface area contributed by atoms with E-state index in [1.165, 1.54) is 0 Å². The van der Waals surface area contributed by atoms with Crippen LogP contribution >= 0.6 is 0 Å². The molecule has 0 amide bonds. The van der Waals surface area contributed by atoms with E-state index in [4.69, 9.17) is 15.5 Å². The number of fused-ring (bicyclic) bond motifs is 3. The Morgan fingerprint density at radius 1 is 1.28 bits per heavy atom. The number of para-hydroxylation sites is 1. The lowest BCUT2D eigenvalue weighted by Crippen LogP contribution is -2.27. The number of aromatic nitrogens is 3. The van der Waals surface area contributed by atoms with Gasteiger partial charge in [-0.15, -0.1) is 0 Å². The van der Waals surface area contributed by atoms with Gasteiger partial charge < -0.3 is 25.5 Å². The number of benzene rings is 1. The van der Waals surface area contributed by atoms with Crippen molar-refractivity contribution < 1.29 is 9.84 Å². The topological polar surface area (TPSA) is 98.2 Å². The van der Waals surface area contributed by atoms with Crippen LogP contribution in [-0.4, -0.2) is 38.5 Å². The van der Waals surface area contributed by atoms with E-state index in [0.717, 1.165) is 27.8 Å². The summed E-state index contributed by atoms with van der Waals surface area (Å²) in [5, 5.41) is 14.5. The van der Waals surface area contributed by atoms with Crippen molar-refractivity contribution in [1.82, 2.24) is 14.5 Å². The van der Waals surface area contributed by atoms with Gasteiger partial charge in [0.25, 0.3) is 0 Å². The lowest BCUT2D eigenvalue weighted by atomic mass is 10.1. The minimum atomic E-state index is -0.888. The average Bonchev–Trinajstić information content (AvgIpc) is 2.90. The van der Waals surface area contributed by atoms with Crippen molar-refractivity contribution in [1.29, 1.82) is 0 Å². The molecule has 2 heterocycles. The van der Waals surface area contributed by atoms with Crippen molar-refractivity contribution in [3.8, 4) is 0 Å². The maximum absolute atomic E-state index is 10.4. The van der Waals surface area contributed by atoms with Gasteiger partial charge in [0.05, 0.1) is 29.8 Å². The van der Waals surface area contributed by atoms with Gasteiger partial charge in [0.15, 0.2) is 5.82 Å². The summed E-state index contributed by atoms with van der Waals surface area (Å²) >= 11 is 0. The van der Waals surface area contributed by atoms with Gasteiger partial charge >= 0.3 is 0 Å². The van der Waals surface area contributed by atoms with Crippen LogP contribution in [-0.2, 0) is 17.9 Å². The summed E-state index contributed by atoms with van der Waals surface area (Å²) in [4.78, 5) is 9.40. The van der Waals surface area contributed by atoms with E-state index < -0.39 is 5.60 Å². The maximum Gasteiger partial charge on any atom is 0.155 e. The number of rotatable bonds is 7. The number of hydrogen-bond acceptors (Lipinski definition) is 6. The van der Waals surface area contributed by atoms with Gasteiger partial charge in [-0.25, -0.2) is 9.97 Å². The summed E-state index contributed by atoms with van der Waals surface area (Å²) in [7, 11) is 0. The van der Waals surface area contributed by atoms with Crippen molar-refractivity contribution in [2.24, 2.45) is 5.73 Å². The van der Waals surface area contributed by atoms with Crippen molar-refractivity contribution >= 4 is 27.8 Å². The maximum atomic E-state index is 10.4. The molecule has 0 radical (unpaired) electrons. The largest absolute Gasteiger partial charge is 0.389 e. The lowest BCUT2D eigenvalue weighted by molar-refractivity contribution is 0.0582. The molecular formula is C18H25N5O2. The number of nitrogens with zero attached hydrogens (tertiary/aromatic N) is 3. The molecule has 7 heteroatoms. The summed E-state index contributed by atoms with van der Waals surface area (Å²) in [5.41, 5.74) is 7.30. The first kappa shape index (κ1) is 17.6. The molecule has 2 aromatic heterocycles. The third-order valence-electron chi connectivity index (χ3n) is 3.91. The Labute approximate surface area is 146 Å². The van der Waals surface area contributed by atoms with Crippen LogP contribution in [0.2, 0.25) is 0 Å². The van der Waals surface area contributed by atoms with E-state index >= 15 is 0 Å². The zero-order valence-electron chi connectivity index (χ0n) is 14.9. The Balaban J connectivity index is 2.33. The summed E-state index contributed by atoms with van der Waals surface area (Å²) in [6.45, 7) is 7.15. The molecule has 0 fully saturated rings. The standard InChI is InChI=1S/C18H25N5O2/c1-4-25-9-14-22-15-16(23(14)10-18(2,3)24)12-7-5-6-8-13(12)21-17(15)20-11-19/h5-8,24H,4,9-11,19H2,1-3H3,(H,20,21). The normalized spacial score (nSPS) is 12.2. The molecule has 7 nitrogen and oxygen atoms in total. The first-order valence-corrected chi connectivity index (χ1v) is 8.46. The third-order valence-corrected chi connectivity index (χ3v) is 3.91. The van der Waals surface area contributed by atoms with Crippen LogP contribution in [0.1, 0.15) is 26.6 Å². The average molecular weight is 343 g/mol. The summed E-state index contributed by atoms with van der Waals surface area (Å²) < 4.78 is 7.61. The van der Waals surface area contributed by atoms with Gasteiger partial charge in [-0.3, -0.25) is 0 Å². The van der Waals surface area contributed by atoms with Crippen molar-refractivity contribution in [3.63, 3.8) is 0 Å². The number of aliphatic hydroxyl groups is 1. The Bertz CT molecular complexity index is 882. The van der Waals surface area contributed by atoms with E-state index in [1.807, 2.05) is 35.8 Å². The Kier molecular flexibility index (Phi) is 4.89. The fourth-order valence-corrected chi connectivity index (χ4v) is 2.96. The van der Waals surface area contributed by atoms with Crippen LogP contribution in [0.3, 0.4) is 0 Å². The smallest absolute Gasteiger partial charge is 0.155 e. The summed E-state index contributed by atoms with van der Waals surface area (Å²) in [5.74, 6) is 1.40. The molecule has 0 atom stereocenters. The first-order valence-electron chi connectivity index (χ1n) is 8.46. The molecule has 3 aromatic rings. The molecular weight excluding hydrogens is 318 g/mol. The summed E-state index contributed by atoms with van der Waals surface area (Å²) in [6, 6.07) is 7.90. The molecule has 134 valence electrons. The molecule has 4 N–H and O–H groups in total. The number of hydrogen-bond donors (Lipinski definition) is 3. The van der Waals surface area contributed by atoms with Crippen molar-refractivity contribution in [3.05, 3.63) is 30.1 Å².